The Kier molecular flexibility index (Phi) is 21.0. The molecule has 1 N–H and O–H groups in total. The number of rotatable bonds is 4. The number of likely N-dealkylation sites (tertiary alicyclic amines) is 2. The molecule has 0 saturated carbocycles. The van der Waals surface area contributed by atoms with Gasteiger partial charge >= 0.3 is 41.7 Å². The van der Waals surface area contributed by atoms with Crippen molar-refractivity contribution in [1.82, 2.24) is 9.80 Å². The number of aliphatic hydroxyl groups excluding tert-OH is 1. The smallest absolute Gasteiger partial charge is 1.00 e. The number of ether oxygens (including phenoxy) is 3. The van der Waals surface area contributed by atoms with Gasteiger partial charge in [0.05, 0.1) is 60.2 Å². The first-order chi connectivity index (χ1) is 15.6. The third kappa shape index (κ3) is 20.0. The van der Waals surface area contributed by atoms with Crippen LogP contribution in [0.1, 0.15) is 44.3 Å². The molecule has 0 atom stereocenters. The van der Waals surface area contributed by atoms with E-state index in [0.717, 1.165) is 0 Å². The fourth-order valence-corrected chi connectivity index (χ4v) is 2.16. The summed E-state index contributed by atoms with van der Waals surface area (Å²) in [6.07, 6.45) is -1.07. The van der Waals surface area contributed by atoms with Gasteiger partial charge < -0.3 is 30.5 Å². The minimum Gasteiger partial charge on any atom is -1.00 e. The number of hydrogen-bond donors (Lipinski definition) is 1. The first kappa shape index (κ1) is 35.9. The Morgan fingerprint density at radius 2 is 1.35 bits per heavy atom. The van der Waals surface area contributed by atoms with Gasteiger partial charge in [0, 0.05) is 5.33 Å². The molecule has 2 heterocycles. The Labute approximate surface area is 235 Å². The van der Waals surface area contributed by atoms with E-state index in [4.69, 9.17) is 20.7 Å². The first-order valence-corrected chi connectivity index (χ1v) is 11.5. The second kappa shape index (κ2) is 19.9. The summed E-state index contributed by atoms with van der Waals surface area (Å²) in [6.45, 7) is 12.1. The molecule has 0 aromatic heterocycles. The maximum absolute atomic E-state index is 11.8. The molecule has 0 bridgehead atoms. The zero-order valence-corrected chi connectivity index (χ0v) is 25.0. The Morgan fingerprint density at radius 3 is 1.62 bits per heavy atom. The van der Waals surface area contributed by atoms with Crippen LogP contribution in [0.4, 0.5) is 22.8 Å². The number of alkyl halides is 4. The molecule has 0 aromatic rings. The maximum Gasteiger partial charge on any atom is 1.00 e. The monoisotopic (exact) mass is 577 g/mol. The van der Waals surface area contributed by atoms with Crippen LogP contribution in [0.5, 0.6) is 0 Å². The van der Waals surface area contributed by atoms with Gasteiger partial charge in [-0.05, 0) is 41.5 Å². The number of amides is 2. The van der Waals surface area contributed by atoms with Crippen molar-refractivity contribution >= 4 is 28.1 Å². The third-order valence-corrected chi connectivity index (χ3v) is 3.82. The third-order valence-electron chi connectivity index (χ3n) is 3.52. The standard InChI is InChI=1S/C10H18FNO3.C8H15NO3.C2H4BrF.CH3F.Na.H/c1-10(2,3)15-9(13)12-6-8(7-12)14-5-4-11;1-8(2,3)12-7(11)9-4-6(10)5-9;3-1-2-4;1-2;;/h8H,4-7H2,1-3H3;6,10H,4-5H2,1-3H3;1-2H2;1H3;;/q;;;;+1;-1/i;;;1D;;. The van der Waals surface area contributed by atoms with Gasteiger partial charge in [-0.2, -0.15) is 0 Å². The summed E-state index contributed by atoms with van der Waals surface area (Å²) in [4.78, 5) is 25.6. The Hall–Kier alpha value is -0.270. The van der Waals surface area contributed by atoms with E-state index in [1.54, 1.807) is 4.90 Å². The van der Waals surface area contributed by atoms with E-state index < -0.39 is 25.0 Å². The van der Waals surface area contributed by atoms with Crippen molar-refractivity contribution in [3.8, 4) is 0 Å². The molecule has 0 unspecified atom stereocenters. The van der Waals surface area contributed by atoms with Crippen LogP contribution in [0.2, 0.25) is 0 Å². The second-order valence-electron chi connectivity index (χ2n) is 8.98. The van der Waals surface area contributed by atoms with E-state index in [-0.39, 0.29) is 68.7 Å². The van der Waals surface area contributed by atoms with Gasteiger partial charge in [0.15, 0.2) is 0 Å². The molecule has 0 radical (unpaired) electrons. The van der Waals surface area contributed by atoms with Gasteiger partial charge in [0.2, 0.25) is 0 Å². The largest absolute Gasteiger partial charge is 1.00 e. The normalized spacial score (nSPS) is 15.8. The van der Waals surface area contributed by atoms with Crippen LogP contribution in [0.3, 0.4) is 0 Å². The van der Waals surface area contributed by atoms with Crippen LogP contribution < -0.4 is 29.6 Å². The van der Waals surface area contributed by atoms with Crippen LogP contribution >= 0.6 is 15.9 Å². The molecule has 8 nitrogen and oxygen atoms in total. The fraction of sp³-hybridized carbons (Fsp3) is 0.905. The van der Waals surface area contributed by atoms with E-state index in [1.807, 2.05) is 41.5 Å². The molecule has 13 heteroatoms. The van der Waals surface area contributed by atoms with Gasteiger partial charge in [0.25, 0.3) is 0 Å². The molecule has 2 saturated heterocycles. The molecule has 200 valence electrons. The van der Waals surface area contributed by atoms with Crippen molar-refractivity contribution < 1.29 is 74.4 Å². The second-order valence-corrected chi connectivity index (χ2v) is 9.78. The van der Waals surface area contributed by atoms with E-state index in [0.29, 0.717) is 31.5 Å². The summed E-state index contributed by atoms with van der Waals surface area (Å²) >= 11 is 2.87. The Bertz CT molecular complexity index is 565. The number of carbonyl (C=O) groups is 2. The fourth-order valence-electron chi connectivity index (χ4n) is 2.16. The first-order valence-electron chi connectivity index (χ1n) is 11.1. The molecule has 2 aliphatic heterocycles. The van der Waals surface area contributed by atoms with Crippen molar-refractivity contribution in [2.75, 3.05) is 58.6 Å². The molecule has 34 heavy (non-hydrogen) atoms. The minimum absolute atomic E-state index is 0. The summed E-state index contributed by atoms with van der Waals surface area (Å²) in [5, 5.41) is 9.38. The molecule has 0 spiro atoms. The molecule has 2 aliphatic rings. The van der Waals surface area contributed by atoms with E-state index in [2.05, 4.69) is 15.9 Å². The topological polar surface area (TPSA) is 88.5 Å². The van der Waals surface area contributed by atoms with Crippen molar-refractivity contribution in [1.29, 1.82) is 0 Å². The zero-order chi connectivity index (χ0) is 26.9. The summed E-state index contributed by atoms with van der Waals surface area (Å²) < 4.78 is 53.3. The number of β-amino-alcohol motifs (C(OH)–C–C–N with tert-alkyl or cyclic N) is 1. The van der Waals surface area contributed by atoms with Gasteiger partial charge in [-0.25, -0.2) is 14.0 Å². The number of nitrogens with zero attached hydrogens (tertiary/aromatic N) is 2. The molecular weight excluding hydrogens is 536 g/mol. The van der Waals surface area contributed by atoms with Crippen LogP contribution in [0.15, 0.2) is 0 Å². The maximum atomic E-state index is 11.8. The molecule has 2 rings (SSSR count). The van der Waals surface area contributed by atoms with Gasteiger partial charge in [-0.15, -0.1) is 0 Å². The van der Waals surface area contributed by atoms with Gasteiger partial charge in [-0.3, -0.25) is 8.78 Å². The summed E-state index contributed by atoms with van der Waals surface area (Å²) in [5.74, 6) is 0. The van der Waals surface area contributed by atoms with Crippen LogP contribution in [-0.2, 0) is 14.2 Å². The van der Waals surface area contributed by atoms with Crippen molar-refractivity contribution in [3.05, 3.63) is 0 Å². The van der Waals surface area contributed by atoms with Crippen molar-refractivity contribution in [3.63, 3.8) is 0 Å². The van der Waals surface area contributed by atoms with Gasteiger partial charge in [0.1, 0.15) is 17.9 Å². The SMILES string of the molecule is CC(C)(C)OC(=O)N1CC(O)C1.CC(C)(C)OC(=O)N1CC(OCCF)C1.FCCBr.[2H]CF.[H-].[Na+]. The minimum atomic E-state index is -1.00. The predicted octanol–water partition coefficient (Wildman–Crippen LogP) is 1.24. The van der Waals surface area contributed by atoms with E-state index in [9.17, 15) is 22.8 Å². The molecular formula is C21H41BrF3N2NaO6. The van der Waals surface area contributed by atoms with E-state index in [1.165, 1.54) is 4.90 Å². The number of aliphatic hydroxyl groups is 1. The summed E-state index contributed by atoms with van der Waals surface area (Å²) in [5.41, 5.74) is -0.917. The molecule has 2 fully saturated rings. The quantitative estimate of drug-likeness (QED) is 0.399. The average Bonchev–Trinajstić information content (AvgIpc) is 2.63. The van der Waals surface area contributed by atoms with Crippen LogP contribution in [0, 0.1) is 0 Å². The van der Waals surface area contributed by atoms with Crippen molar-refractivity contribution in [2.45, 2.75) is 65.0 Å². The predicted molar refractivity (Wildman–Crippen MR) is 125 cm³/mol. The zero-order valence-electron chi connectivity index (χ0n) is 23.4. The van der Waals surface area contributed by atoms with E-state index >= 15 is 0 Å². The number of carbonyl (C=O) groups excluding carboxylic acids is 2. The average molecular weight is 578 g/mol. The Balaban J connectivity index is -0.000000219. The van der Waals surface area contributed by atoms with Crippen LogP contribution in [0.25, 0.3) is 0 Å². The summed E-state index contributed by atoms with van der Waals surface area (Å²) in [7, 11) is -1.00. The molecule has 0 aromatic carbocycles. The molecule has 2 amide bonds. The number of halogens is 4. The summed E-state index contributed by atoms with van der Waals surface area (Å²) in [6, 6.07) is 0. The van der Waals surface area contributed by atoms with Gasteiger partial charge in [-0.1, -0.05) is 15.9 Å². The van der Waals surface area contributed by atoms with Crippen molar-refractivity contribution in [2.24, 2.45) is 0 Å². The van der Waals surface area contributed by atoms with Crippen LogP contribution in [-0.4, -0.2) is 109 Å². The Morgan fingerprint density at radius 1 is 1.00 bits per heavy atom. The molecule has 0 aliphatic carbocycles. The number of hydrogen-bond acceptors (Lipinski definition) is 6.